The van der Waals surface area contributed by atoms with E-state index in [2.05, 4.69) is 17.2 Å². The van der Waals surface area contributed by atoms with Gasteiger partial charge in [0.05, 0.1) is 6.54 Å². The zero-order chi connectivity index (χ0) is 15.2. The Hall–Kier alpha value is -2.16. The summed E-state index contributed by atoms with van der Waals surface area (Å²) < 4.78 is 13.2. The number of nitrogens with one attached hydrogen (secondary N) is 1. The molecule has 0 radical (unpaired) electrons. The van der Waals surface area contributed by atoms with Gasteiger partial charge in [-0.2, -0.15) is 0 Å². The molecule has 0 unspecified atom stereocenters. The summed E-state index contributed by atoms with van der Waals surface area (Å²) in [5.74, 6) is 4.81. The number of amides is 1. The third-order valence-electron chi connectivity index (χ3n) is 2.81. The number of benzene rings is 1. The Morgan fingerprint density at radius 1 is 1.43 bits per heavy atom. The van der Waals surface area contributed by atoms with Gasteiger partial charge in [0.15, 0.2) is 0 Å². The van der Waals surface area contributed by atoms with Gasteiger partial charge < -0.3 is 10.4 Å². The van der Waals surface area contributed by atoms with Crippen LogP contribution in [0.5, 0.6) is 0 Å². The van der Waals surface area contributed by atoms with Crippen LogP contribution >= 0.6 is 11.3 Å². The lowest BCUT2D eigenvalue weighted by Gasteiger charge is -2.05. The lowest BCUT2D eigenvalue weighted by molar-refractivity contribution is 0.0951. The molecule has 2 aromatic rings. The van der Waals surface area contributed by atoms with Crippen molar-refractivity contribution >= 4 is 17.2 Å². The second-order valence-electron chi connectivity index (χ2n) is 4.41. The van der Waals surface area contributed by atoms with Crippen LogP contribution in [0.15, 0.2) is 29.6 Å². The van der Waals surface area contributed by atoms with Gasteiger partial charge in [0.2, 0.25) is 0 Å². The molecular formula is C16H14FNO2S. The Kier molecular flexibility index (Phi) is 5.09. The minimum absolute atomic E-state index is 0.175. The van der Waals surface area contributed by atoms with E-state index in [0.717, 1.165) is 10.4 Å². The number of hydrogen-bond acceptors (Lipinski definition) is 3. The van der Waals surface area contributed by atoms with Gasteiger partial charge >= 0.3 is 0 Å². The smallest absolute Gasteiger partial charge is 0.251 e. The number of hydrogen-bond donors (Lipinski definition) is 2. The number of thiophene rings is 1. The number of halogens is 1. The molecule has 0 atom stereocenters. The summed E-state index contributed by atoms with van der Waals surface area (Å²) in [7, 11) is 0. The SMILES string of the molecule is Cc1cc(C(=O)NCc2cc(C#CCO)cs2)ccc1F. The number of rotatable bonds is 3. The summed E-state index contributed by atoms with van der Waals surface area (Å²) in [4.78, 5) is 12.9. The molecule has 1 aromatic heterocycles. The maximum atomic E-state index is 13.2. The average Bonchev–Trinajstić information content (AvgIpc) is 2.93. The van der Waals surface area contributed by atoms with Gasteiger partial charge in [0, 0.05) is 21.4 Å². The molecule has 0 aliphatic rings. The summed E-state index contributed by atoms with van der Waals surface area (Å²) in [5, 5.41) is 13.3. The molecule has 0 aliphatic heterocycles. The maximum absolute atomic E-state index is 13.2. The Morgan fingerprint density at radius 3 is 2.95 bits per heavy atom. The Labute approximate surface area is 126 Å². The van der Waals surface area contributed by atoms with E-state index in [1.807, 2.05) is 11.4 Å². The molecule has 2 rings (SSSR count). The standard InChI is InChI=1S/C16H14FNO2S/c1-11-7-13(4-5-15(11)17)16(20)18-9-14-8-12(10-21-14)3-2-6-19/h4-5,7-8,10,19H,6,9H2,1H3,(H,18,20). The molecule has 0 fully saturated rings. The Bertz CT molecular complexity index is 713. The first kappa shape index (κ1) is 15.2. The minimum atomic E-state index is -0.322. The minimum Gasteiger partial charge on any atom is -0.384 e. The van der Waals surface area contributed by atoms with Crippen LogP contribution in [0.4, 0.5) is 4.39 Å². The van der Waals surface area contributed by atoms with Crippen molar-refractivity contribution in [1.82, 2.24) is 5.32 Å². The van der Waals surface area contributed by atoms with Gasteiger partial charge in [-0.05, 0) is 36.8 Å². The van der Waals surface area contributed by atoms with Crippen LogP contribution in [0.25, 0.3) is 0 Å². The number of carbonyl (C=O) groups is 1. The van der Waals surface area contributed by atoms with Gasteiger partial charge in [0.1, 0.15) is 12.4 Å². The molecule has 0 spiro atoms. The van der Waals surface area contributed by atoms with Crippen molar-refractivity contribution in [3.63, 3.8) is 0 Å². The van der Waals surface area contributed by atoms with E-state index >= 15 is 0 Å². The van der Waals surface area contributed by atoms with Crippen molar-refractivity contribution in [2.24, 2.45) is 0 Å². The lowest BCUT2D eigenvalue weighted by Crippen LogP contribution is -2.22. The predicted molar refractivity (Wildman–Crippen MR) is 80.6 cm³/mol. The maximum Gasteiger partial charge on any atom is 0.251 e. The van der Waals surface area contributed by atoms with E-state index in [9.17, 15) is 9.18 Å². The molecule has 1 aromatic carbocycles. The highest BCUT2D eigenvalue weighted by atomic mass is 32.1. The van der Waals surface area contributed by atoms with Crippen LogP contribution in [0.1, 0.15) is 26.4 Å². The highest BCUT2D eigenvalue weighted by molar-refractivity contribution is 7.10. The fourth-order valence-corrected chi connectivity index (χ4v) is 2.49. The molecule has 0 saturated heterocycles. The van der Waals surface area contributed by atoms with Crippen molar-refractivity contribution in [3.05, 3.63) is 57.0 Å². The number of aryl methyl sites for hydroxylation is 1. The first-order valence-corrected chi connectivity index (χ1v) is 7.19. The summed E-state index contributed by atoms with van der Waals surface area (Å²) >= 11 is 1.48. The molecule has 21 heavy (non-hydrogen) atoms. The predicted octanol–water partition coefficient (Wildman–Crippen LogP) is 2.47. The van der Waals surface area contributed by atoms with E-state index in [4.69, 9.17) is 5.11 Å². The molecule has 2 N–H and O–H groups in total. The molecule has 108 valence electrons. The highest BCUT2D eigenvalue weighted by Gasteiger charge is 2.08. The number of carbonyl (C=O) groups excluding carboxylic acids is 1. The van der Waals surface area contributed by atoms with Crippen LogP contribution in [0.2, 0.25) is 0 Å². The van der Waals surface area contributed by atoms with Gasteiger partial charge in [0.25, 0.3) is 5.91 Å². The van der Waals surface area contributed by atoms with Gasteiger partial charge in [-0.15, -0.1) is 11.3 Å². The summed E-state index contributed by atoms with van der Waals surface area (Å²) in [6, 6.07) is 6.14. The topological polar surface area (TPSA) is 49.3 Å². The second kappa shape index (κ2) is 7.02. The van der Waals surface area contributed by atoms with Crippen molar-refractivity contribution in [2.45, 2.75) is 13.5 Å². The molecule has 3 nitrogen and oxygen atoms in total. The number of aliphatic hydroxyl groups is 1. The fraction of sp³-hybridized carbons (Fsp3) is 0.188. The van der Waals surface area contributed by atoms with Crippen molar-refractivity contribution in [3.8, 4) is 11.8 Å². The fourth-order valence-electron chi connectivity index (χ4n) is 1.74. The van der Waals surface area contributed by atoms with Gasteiger partial charge in [-0.3, -0.25) is 4.79 Å². The van der Waals surface area contributed by atoms with Crippen molar-refractivity contribution in [1.29, 1.82) is 0 Å². The Balaban J connectivity index is 1.97. The van der Waals surface area contributed by atoms with E-state index in [-0.39, 0.29) is 18.3 Å². The zero-order valence-corrected chi connectivity index (χ0v) is 12.3. The lowest BCUT2D eigenvalue weighted by atomic mass is 10.1. The molecule has 0 aliphatic carbocycles. The molecule has 5 heteroatoms. The third kappa shape index (κ3) is 4.15. The highest BCUT2D eigenvalue weighted by Crippen LogP contribution is 2.14. The van der Waals surface area contributed by atoms with Crippen molar-refractivity contribution < 1.29 is 14.3 Å². The van der Waals surface area contributed by atoms with Crippen LogP contribution in [0.3, 0.4) is 0 Å². The quantitative estimate of drug-likeness (QED) is 0.856. The average molecular weight is 303 g/mol. The van der Waals surface area contributed by atoms with Crippen LogP contribution in [-0.4, -0.2) is 17.6 Å². The van der Waals surface area contributed by atoms with Crippen molar-refractivity contribution in [2.75, 3.05) is 6.61 Å². The van der Waals surface area contributed by atoms with Gasteiger partial charge in [-0.1, -0.05) is 11.8 Å². The molecular weight excluding hydrogens is 289 g/mol. The largest absolute Gasteiger partial charge is 0.384 e. The summed E-state index contributed by atoms with van der Waals surface area (Å²) in [6.45, 7) is 1.84. The molecule has 1 amide bonds. The van der Waals surface area contributed by atoms with Crippen LogP contribution in [-0.2, 0) is 6.54 Å². The van der Waals surface area contributed by atoms with E-state index in [1.165, 1.54) is 29.5 Å². The first-order chi connectivity index (χ1) is 10.1. The monoisotopic (exact) mass is 303 g/mol. The second-order valence-corrected chi connectivity index (χ2v) is 5.40. The van der Waals surface area contributed by atoms with E-state index < -0.39 is 0 Å². The molecule has 0 saturated carbocycles. The molecule has 1 heterocycles. The van der Waals surface area contributed by atoms with Gasteiger partial charge in [-0.25, -0.2) is 4.39 Å². The summed E-state index contributed by atoms with van der Waals surface area (Å²) in [6.07, 6.45) is 0. The Morgan fingerprint density at radius 2 is 2.24 bits per heavy atom. The third-order valence-corrected chi connectivity index (χ3v) is 3.75. The van der Waals surface area contributed by atoms with E-state index in [0.29, 0.717) is 17.7 Å². The first-order valence-electron chi connectivity index (χ1n) is 6.31. The summed E-state index contributed by atoms with van der Waals surface area (Å²) in [5.41, 5.74) is 1.70. The van der Waals surface area contributed by atoms with Crippen LogP contribution in [0, 0.1) is 24.6 Å². The molecule has 0 bridgehead atoms. The van der Waals surface area contributed by atoms with E-state index in [1.54, 1.807) is 6.92 Å². The van der Waals surface area contributed by atoms with Crippen LogP contribution < -0.4 is 5.32 Å². The normalized spacial score (nSPS) is 9.86. The zero-order valence-electron chi connectivity index (χ0n) is 11.4. The number of aliphatic hydroxyl groups excluding tert-OH is 1.